The number of sulfone groups is 1. The van der Waals surface area contributed by atoms with E-state index in [1.807, 2.05) is 30.5 Å². The lowest BCUT2D eigenvalue weighted by Gasteiger charge is -2.31. The molecule has 1 unspecified atom stereocenters. The molecule has 1 amide bonds. The number of benzene rings is 2. The average molecular weight is 546 g/mol. The molecule has 1 aliphatic heterocycles. The van der Waals surface area contributed by atoms with Crippen molar-refractivity contribution in [2.45, 2.75) is 31.8 Å². The van der Waals surface area contributed by atoms with Crippen LogP contribution in [-0.2, 0) is 27.6 Å². The van der Waals surface area contributed by atoms with Gasteiger partial charge in [-0.05, 0) is 72.5 Å². The van der Waals surface area contributed by atoms with E-state index in [2.05, 4.69) is 9.97 Å². The lowest BCUT2D eigenvalue weighted by Crippen LogP contribution is -2.44. The monoisotopic (exact) mass is 545 g/mol. The van der Waals surface area contributed by atoms with E-state index in [-0.39, 0.29) is 36.8 Å². The van der Waals surface area contributed by atoms with E-state index >= 15 is 0 Å². The number of carbonyl (C=O) groups excluding carboxylic acids is 2. The summed E-state index contributed by atoms with van der Waals surface area (Å²) in [6.07, 6.45) is 7.40. The van der Waals surface area contributed by atoms with E-state index < -0.39 is 27.6 Å². The normalized spacial score (nSPS) is 16.8. The number of nitrogens with one attached hydrogen (secondary N) is 1. The van der Waals surface area contributed by atoms with Gasteiger partial charge >= 0.3 is 0 Å². The van der Waals surface area contributed by atoms with Crippen molar-refractivity contribution >= 4 is 32.4 Å². The SMILES string of the molecule is O=C(CC[C@H](Cc1c[nH]c2ccccc12)C(=O)N(Cc1ccncc1)C1C=CS(=O)(=O)C1)c1ccc(F)cc1. The topological polar surface area (TPSA) is 100 Å². The van der Waals surface area contributed by atoms with Gasteiger partial charge in [-0.2, -0.15) is 0 Å². The number of aromatic amines is 1. The lowest BCUT2D eigenvalue weighted by molar-refractivity contribution is -0.137. The fourth-order valence-electron chi connectivity index (χ4n) is 5.00. The number of para-hydroxylation sites is 1. The molecular weight excluding hydrogens is 517 g/mol. The fourth-order valence-corrected chi connectivity index (χ4v) is 6.29. The first-order valence-electron chi connectivity index (χ1n) is 12.7. The number of halogens is 1. The summed E-state index contributed by atoms with van der Waals surface area (Å²) in [4.78, 5) is 36.0. The Hall–Kier alpha value is -4.11. The summed E-state index contributed by atoms with van der Waals surface area (Å²) in [6, 6.07) is 16.1. The molecule has 0 bridgehead atoms. The number of Topliss-reactive ketones (excluding diaryl/α,β-unsaturated/α-hetero) is 1. The number of fused-ring (bicyclic) bond motifs is 1. The highest BCUT2D eigenvalue weighted by Crippen LogP contribution is 2.27. The van der Waals surface area contributed by atoms with E-state index in [4.69, 9.17) is 0 Å². The van der Waals surface area contributed by atoms with Crippen LogP contribution in [0.15, 0.2) is 90.7 Å². The van der Waals surface area contributed by atoms with Crippen molar-refractivity contribution in [2.24, 2.45) is 5.92 Å². The maximum Gasteiger partial charge on any atom is 0.226 e. The standard InChI is InChI=1S/C30H28FN3O4S/c31-25-8-5-22(6-9-25)29(35)10-7-23(17-24-18-33-28-4-2-1-3-27(24)28)30(36)34(19-21-11-14-32-15-12-21)26-13-16-39(37,38)20-26/h1-6,8-9,11-16,18,23,26,33H,7,10,17,19-20H2/t23-,26?/m1/s1. The van der Waals surface area contributed by atoms with Gasteiger partial charge in [0.1, 0.15) is 5.82 Å². The first-order chi connectivity index (χ1) is 18.8. The highest BCUT2D eigenvalue weighted by Gasteiger charge is 2.34. The molecular formula is C30H28FN3O4S. The maximum absolute atomic E-state index is 14.2. The van der Waals surface area contributed by atoms with Gasteiger partial charge in [0.15, 0.2) is 15.6 Å². The van der Waals surface area contributed by atoms with Crippen LogP contribution in [-0.4, -0.2) is 46.8 Å². The van der Waals surface area contributed by atoms with Gasteiger partial charge in [0, 0.05) is 59.3 Å². The molecule has 2 atom stereocenters. The van der Waals surface area contributed by atoms with Crippen molar-refractivity contribution in [3.05, 3.63) is 113 Å². The maximum atomic E-state index is 14.2. The third-order valence-corrected chi connectivity index (χ3v) is 8.45. The summed E-state index contributed by atoms with van der Waals surface area (Å²) in [5, 5.41) is 2.15. The smallest absolute Gasteiger partial charge is 0.226 e. The zero-order valence-electron chi connectivity index (χ0n) is 21.2. The number of aromatic nitrogens is 2. The van der Waals surface area contributed by atoms with Crippen LogP contribution in [0.2, 0.25) is 0 Å². The van der Waals surface area contributed by atoms with E-state index in [0.717, 1.165) is 27.4 Å². The summed E-state index contributed by atoms with van der Waals surface area (Å²) in [5.74, 6) is -1.61. The van der Waals surface area contributed by atoms with Crippen LogP contribution in [0.4, 0.5) is 4.39 Å². The zero-order valence-corrected chi connectivity index (χ0v) is 22.0. The van der Waals surface area contributed by atoms with Crippen LogP contribution in [0.25, 0.3) is 10.9 Å². The predicted octanol–water partition coefficient (Wildman–Crippen LogP) is 4.86. The number of ketones is 1. The molecule has 39 heavy (non-hydrogen) atoms. The summed E-state index contributed by atoms with van der Waals surface area (Å²) in [6.45, 7) is 0.210. The van der Waals surface area contributed by atoms with Gasteiger partial charge < -0.3 is 9.88 Å². The number of amides is 1. The van der Waals surface area contributed by atoms with Crippen LogP contribution in [0, 0.1) is 11.7 Å². The highest BCUT2D eigenvalue weighted by molar-refractivity contribution is 7.94. The molecule has 7 nitrogen and oxygen atoms in total. The van der Waals surface area contributed by atoms with Gasteiger partial charge in [-0.25, -0.2) is 12.8 Å². The molecule has 2 aromatic carbocycles. The second kappa shape index (κ2) is 11.3. The van der Waals surface area contributed by atoms with Crippen LogP contribution in [0.3, 0.4) is 0 Å². The van der Waals surface area contributed by atoms with Gasteiger partial charge in [-0.3, -0.25) is 14.6 Å². The van der Waals surface area contributed by atoms with E-state index in [0.29, 0.717) is 12.0 Å². The first kappa shape index (κ1) is 26.5. The summed E-state index contributed by atoms with van der Waals surface area (Å²) in [5.41, 5.74) is 3.09. The second-order valence-corrected chi connectivity index (χ2v) is 11.7. The van der Waals surface area contributed by atoms with Gasteiger partial charge in [-0.1, -0.05) is 18.2 Å². The third-order valence-electron chi connectivity index (χ3n) is 7.07. The fraction of sp³-hybridized carbons (Fsp3) is 0.233. The van der Waals surface area contributed by atoms with Crippen molar-refractivity contribution in [3.8, 4) is 0 Å². The van der Waals surface area contributed by atoms with Crippen molar-refractivity contribution in [1.29, 1.82) is 0 Å². The Morgan fingerprint density at radius 3 is 2.51 bits per heavy atom. The average Bonchev–Trinajstić information content (AvgIpc) is 3.52. The molecule has 0 saturated heterocycles. The van der Waals surface area contributed by atoms with Crippen molar-refractivity contribution in [3.63, 3.8) is 0 Å². The van der Waals surface area contributed by atoms with Crippen molar-refractivity contribution < 1.29 is 22.4 Å². The molecule has 0 spiro atoms. The van der Waals surface area contributed by atoms with Gasteiger partial charge in [-0.15, -0.1) is 0 Å². The van der Waals surface area contributed by atoms with Gasteiger partial charge in [0.2, 0.25) is 5.91 Å². The van der Waals surface area contributed by atoms with E-state index in [1.165, 1.54) is 24.3 Å². The van der Waals surface area contributed by atoms with Gasteiger partial charge in [0.25, 0.3) is 0 Å². The second-order valence-electron chi connectivity index (χ2n) is 9.78. The molecule has 1 N–H and O–H groups in total. The molecule has 2 aromatic heterocycles. The molecule has 0 fully saturated rings. The first-order valence-corrected chi connectivity index (χ1v) is 14.4. The quantitative estimate of drug-likeness (QED) is 0.287. The highest BCUT2D eigenvalue weighted by atomic mass is 32.2. The minimum atomic E-state index is -3.41. The Kier molecular flexibility index (Phi) is 7.70. The number of nitrogens with zero attached hydrogens (tertiary/aromatic N) is 2. The molecule has 0 aliphatic carbocycles. The molecule has 0 radical (unpaired) electrons. The number of hydrogen-bond donors (Lipinski definition) is 1. The summed E-state index contributed by atoms with van der Waals surface area (Å²) in [7, 11) is -3.41. The van der Waals surface area contributed by atoms with Crippen molar-refractivity contribution in [2.75, 3.05) is 5.75 Å². The molecule has 1 aliphatic rings. The van der Waals surface area contributed by atoms with Crippen LogP contribution < -0.4 is 0 Å². The Balaban J connectivity index is 1.45. The molecule has 5 rings (SSSR count). The Bertz CT molecular complexity index is 1610. The molecule has 3 heterocycles. The molecule has 200 valence electrons. The molecule has 4 aromatic rings. The Labute approximate surface area is 226 Å². The minimum absolute atomic E-state index is 0.0896. The molecule has 0 saturated carbocycles. The number of carbonyl (C=O) groups is 2. The van der Waals surface area contributed by atoms with Crippen LogP contribution >= 0.6 is 0 Å². The van der Waals surface area contributed by atoms with E-state index in [9.17, 15) is 22.4 Å². The largest absolute Gasteiger partial charge is 0.361 e. The number of rotatable bonds is 10. The van der Waals surface area contributed by atoms with Gasteiger partial charge in [0.05, 0.1) is 11.8 Å². The predicted molar refractivity (Wildman–Crippen MR) is 147 cm³/mol. The van der Waals surface area contributed by atoms with Crippen LogP contribution in [0.5, 0.6) is 0 Å². The number of hydrogen-bond acceptors (Lipinski definition) is 5. The zero-order chi connectivity index (χ0) is 27.4. The molecule has 9 heteroatoms. The number of H-pyrrole nitrogens is 1. The van der Waals surface area contributed by atoms with Crippen LogP contribution in [0.1, 0.15) is 34.3 Å². The third kappa shape index (κ3) is 6.31. The summed E-state index contributed by atoms with van der Waals surface area (Å²) < 4.78 is 37.9. The summed E-state index contributed by atoms with van der Waals surface area (Å²) >= 11 is 0. The lowest BCUT2D eigenvalue weighted by atomic mass is 9.90. The Morgan fingerprint density at radius 2 is 1.79 bits per heavy atom. The number of pyridine rings is 1. The van der Waals surface area contributed by atoms with E-state index in [1.54, 1.807) is 35.5 Å². The van der Waals surface area contributed by atoms with Crippen molar-refractivity contribution in [1.82, 2.24) is 14.9 Å². The minimum Gasteiger partial charge on any atom is -0.361 e. The Morgan fingerprint density at radius 1 is 1.05 bits per heavy atom.